The largest absolute Gasteiger partial charge is 0.378 e. The monoisotopic (exact) mass is 230 g/mol. The third-order valence-electron chi connectivity index (χ3n) is 2.30. The van der Waals surface area contributed by atoms with E-state index in [2.05, 4.69) is 15.3 Å². The summed E-state index contributed by atoms with van der Waals surface area (Å²) < 4.78 is 1.42. The van der Waals surface area contributed by atoms with Gasteiger partial charge in [0.25, 0.3) is 0 Å². The highest BCUT2D eigenvalue weighted by molar-refractivity contribution is 5.80. The highest BCUT2D eigenvalue weighted by Crippen LogP contribution is 2.11. The van der Waals surface area contributed by atoms with E-state index in [1.54, 1.807) is 6.21 Å². The summed E-state index contributed by atoms with van der Waals surface area (Å²) in [6.07, 6.45) is 3.17. The number of anilines is 2. The zero-order valence-corrected chi connectivity index (χ0v) is 9.78. The van der Waals surface area contributed by atoms with E-state index in [1.165, 1.54) is 11.0 Å². The second-order valence-corrected chi connectivity index (χ2v) is 3.76. The van der Waals surface area contributed by atoms with Crippen LogP contribution < -0.4 is 10.6 Å². The maximum atomic E-state index is 5.54. The molecule has 0 aliphatic rings. The molecule has 0 bridgehead atoms. The molecule has 0 spiro atoms. The summed E-state index contributed by atoms with van der Waals surface area (Å²) in [4.78, 5) is 2.04. The van der Waals surface area contributed by atoms with Crippen molar-refractivity contribution in [2.24, 2.45) is 5.10 Å². The van der Waals surface area contributed by atoms with E-state index in [1.807, 2.05) is 43.3 Å². The smallest absolute Gasteiger partial charge is 0.242 e. The van der Waals surface area contributed by atoms with Crippen molar-refractivity contribution in [3.8, 4) is 0 Å². The topological polar surface area (TPSA) is 72.3 Å². The van der Waals surface area contributed by atoms with E-state index < -0.39 is 0 Å². The van der Waals surface area contributed by atoms with Gasteiger partial charge in [0.05, 0.1) is 6.21 Å². The number of nitrogens with two attached hydrogens (primary N) is 1. The van der Waals surface area contributed by atoms with Gasteiger partial charge < -0.3 is 10.6 Å². The zero-order chi connectivity index (χ0) is 12.3. The summed E-state index contributed by atoms with van der Waals surface area (Å²) in [5.74, 6) is 0.270. The average molecular weight is 230 g/mol. The normalized spacial score (nSPS) is 10.9. The Kier molecular flexibility index (Phi) is 3.04. The van der Waals surface area contributed by atoms with Gasteiger partial charge in [-0.15, -0.1) is 10.2 Å². The van der Waals surface area contributed by atoms with Crippen LogP contribution in [0.2, 0.25) is 0 Å². The lowest BCUT2D eigenvalue weighted by Crippen LogP contribution is -2.08. The molecule has 0 saturated carbocycles. The fourth-order valence-corrected chi connectivity index (χ4v) is 1.32. The molecule has 2 N–H and O–H groups in total. The fraction of sp³-hybridized carbons (Fsp3) is 0.182. The summed E-state index contributed by atoms with van der Waals surface area (Å²) in [7, 11) is 4.00. The molecule has 0 unspecified atom stereocenters. The molecule has 6 heteroatoms. The van der Waals surface area contributed by atoms with Crippen molar-refractivity contribution in [2.75, 3.05) is 24.7 Å². The number of nitrogen functional groups attached to an aromatic ring is 1. The lowest BCUT2D eigenvalue weighted by molar-refractivity contribution is 0.892. The van der Waals surface area contributed by atoms with E-state index in [9.17, 15) is 0 Å². The Bertz CT molecular complexity index is 511. The maximum absolute atomic E-state index is 5.54. The summed E-state index contributed by atoms with van der Waals surface area (Å²) in [5.41, 5.74) is 7.67. The van der Waals surface area contributed by atoms with Crippen molar-refractivity contribution in [2.45, 2.75) is 0 Å². The van der Waals surface area contributed by atoms with Gasteiger partial charge in [-0.05, 0) is 17.7 Å². The summed E-state index contributed by atoms with van der Waals surface area (Å²) >= 11 is 0. The van der Waals surface area contributed by atoms with Crippen LogP contribution in [0.4, 0.5) is 11.6 Å². The molecule has 0 radical (unpaired) electrons. The first-order chi connectivity index (χ1) is 8.16. The molecule has 6 nitrogen and oxygen atoms in total. The van der Waals surface area contributed by atoms with Crippen molar-refractivity contribution in [3.63, 3.8) is 0 Å². The Morgan fingerprint density at radius 2 is 2.00 bits per heavy atom. The van der Waals surface area contributed by atoms with Gasteiger partial charge in [0, 0.05) is 19.8 Å². The van der Waals surface area contributed by atoms with E-state index in [0.29, 0.717) is 0 Å². The molecule has 0 aliphatic heterocycles. The number of hydrogen-bond acceptors (Lipinski definition) is 5. The van der Waals surface area contributed by atoms with Gasteiger partial charge in [0.1, 0.15) is 6.33 Å². The summed E-state index contributed by atoms with van der Waals surface area (Å²) in [6, 6.07) is 8.02. The van der Waals surface area contributed by atoms with Gasteiger partial charge in [-0.3, -0.25) is 0 Å². The molecule has 1 aromatic carbocycles. The van der Waals surface area contributed by atoms with Gasteiger partial charge in [-0.2, -0.15) is 9.78 Å². The second kappa shape index (κ2) is 4.65. The predicted octanol–water partition coefficient (Wildman–Crippen LogP) is 0.808. The minimum absolute atomic E-state index is 0.270. The number of rotatable bonds is 3. The van der Waals surface area contributed by atoms with E-state index in [-0.39, 0.29) is 5.95 Å². The minimum Gasteiger partial charge on any atom is -0.378 e. The molecule has 0 atom stereocenters. The molecule has 0 saturated heterocycles. The number of hydrogen-bond donors (Lipinski definition) is 1. The molecular weight excluding hydrogens is 216 g/mol. The molecule has 1 aromatic heterocycles. The van der Waals surface area contributed by atoms with Gasteiger partial charge in [-0.25, -0.2) is 0 Å². The van der Waals surface area contributed by atoms with Crippen molar-refractivity contribution >= 4 is 17.9 Å². The predicted molar refractivity (Wildman–Crippen MR) is 68.2 cm³/mol. The van der Waals surface area contributed by atoms with Crippen molar-refractivity contribution in [1.82, 2.24) is 14.9 Å². The SMILES string of the molecule is CN(C)c1ccc(/C=N/n2cnnc2N)cc1. The van der Waals surface area contributed by atoms with Crippen LogP contribution in [0.5, 0.6) is 0 Å². The van der Waals surface area contributed by atoms with Crippen molar-refractivity contribution < 1.29 is 0 Å². The Balaban J connectivity index is 2.14. The van der Waals surface area contributed by atoms with E-state index in [4.69, 9.17) is 5.73 Å². The number of nitrogens with zero attached hydrogens (tertiary/aromatic N) is 5. The summed E-state index contributed by atoms with van der Waals surface area (Å²) in [5, 5.41) is 11.4. The lowest BCUT2D eigenvalue weighted by atomic mass is 10.2. The van der Waals surface area contributed by atoms with Crippen LogP contribution in [0.25, 0.3) is 0 Å². The third-order valence-corrected chi connectivity index (χ3v) is 2.30. The van der Waals surface area contributed by atoms with Gasteiger partial charge >= 0.3 is 0 Å². The van der Waals surface area contributed by atoms with Crippen LogP contribution in [-0.4, -0.2) is 35.2 Å². The van der Waals surface area contributed by atoms with Crippen molar-refractivity contribution in [1.29, 1.82) is 0 Å². The molecule has 0 aliphatic carbocycles. The number of aromatic nitrogens is 3. The van der Waals surface area contributed by atoms with Crippen LogP contribution in [0.1, 0.15) is 5.56 Å². The Morgan fingerprint density at radius 1 is 1.29 bits per heavy atom. The van der Waals surface area contributed by atoms with Gasteiger partial charge in [0.2, 0.25) is 5.95 Å². The molecule has 2 rings (SSSR count). The standard InChI is InChI=1S/C11H14N6/c1-16(2)10-5-3-9(4-6-10)7-14-17-8-13-15-11(17)12/h3-8H,1-2H3,(H2,12,15)/b14-7+. The van der Waals surface area contributed by atoms with Crippen LogP contribution >= 0.6 is 0 Å². The first-order valence-electron chi connectivity index (χ1n) is 5.14. The Morgan fingerprint density at radius 3 is 2.53 bits per heavy atom. The highest BCUT2D eigenvalue weighted by atomic mass is 15.5. The molecular formula is C11H14N6. The molecule has 0 amide bonds. The van der Waals surface area contributed by atoms with Gasteiger partial charge in [0.15, 0.2) is 0 Å². The van der Waals surface area contributed by atoms with Crippen LogP contribution in [0, 0.1) is 0 Å². The Hall–Kier alpha value is -2.37. The quantitative estimate of drug-likeness (QED) is 0.792. The zero-order valence-electron chi connectivity index (χ0n) is 9.78. The van der Waals surface area contributed by atoms with E-state index >= 15 is 0 Å². The molecule has 17 heavy (non-hydrogen) atoms. The molecule has 88 valence electrons. The molecule has 2 aromatic rings. The van der Waals surface area contributed by atoms with Crippen LogP contribution in [-0.2, 0) is 0 Å². The molecule has 1 heterocycles. The highest BCUT2D eigenvalue weighted by Gasteiger charge is 1.96. The van der Waals surface area contributed by atoms with Crippen LogP contribution in [0.15, 0.2) is 35.7 Å². The van der Waals surface area contributed by atoms with Crippen molar-refractivity contribution in [3.05, 3.63) is 36.2 Å². The lowest BCUT2D eigenvalue weighted by Gasteiger charge is -2.11. The van der Waals surface area contributed by atoms with Gasteiger partial charge in [-0.1, -0.05) is 12.1 Å². The average Bonchev–Trinajstić information content (AvgIpc) is 2.73. The fourth-order valence-electron chi connectivity index (χ4n) is 1.32. The third kappa shape index (κ3) is 2.60. The second-order valence-electron chi connectivity index (χ2n) is 3.76. The van der Waals surface area contributed by atoms with Crippen LogP contribution in [0.3, 0.4) is 0 Å². The first kappa shape index (κ1) is 11.1. The Labute approximate surface area is 99.4 Å². The molecule has 0 fully saturated rings. The summed E-state index contributed by atoms with van der Waals surface area (Å²) in [6.45, 7) is 0. The minimum atomic E-state index is 0.270. The first-order valence-corrected chi connectivity index (χ1v) is 5.14. The van der Waals surface area contributed by atoms with E-state index in [0.717, 1.165) is 11.3 Å². The maximum Gasteiger partial charge on any atom is 0.242 e. The number of benzene rings is 1.